The Morgan fingerprint density at radius 3 is 2.61 bits per heavy atom. The van der Waals surface area contributed by atoms with Gasteiger partial charge in [0, 0.05) is 23.9 Å². The molecule has 2 N–H and O–H groups in total. The fourth-order valence-corrected chi connectivity index (χ4v) is 2.03. The van der Waals surface area contributed by atoms with Gasteiger partial charge in [-0.1, -0.05) is 35.9 Å². The first-order chi connectivity index (χ1) is 8.79. The highest BCUT2D eigenvalue weighted by Gasteiger charge is 2.09. The van der Waals surface area contributed by atoms with Gasteiger partial charge in [0.15, 0.2) is 11.5 Å². The van der Waals surface area contributed by atoms with Crippen LogP contribution in [0.4, 0.5) is 0 Å². The number of hydrogen-bond donors (Lipinski definition) is 1. The second-order valence-corrected chi connectivity index (χ2v) is 4.32. The fraction of sp³-hybridized carbons (Fsp3) is 0.143. The standard InChI is InChI=1S/C14H14N4/c1-10-4-6-11(7-5-10)13-16-17-14-12(9-15)3-2-8-18(13)14/h2-8H,9,15H2,1H3. The van der Waals surface area contributed by atoms with Gasteiger partial charge in [-0.15, -0.1) is 10.2 Å². The summed E-state index contributed by atoms with van der Waals surface area (Å²) in [6.07, 6.45) is 1.96. The predicted molar refractivity (Wildman–Crippen MR) is 71.1 cm³/mol. The molecule has 1 aromatic carbocycles. The molecule has 2 heterocycles. The van der Waals surface area contributed by atoms with Crippen LogP contribution < -0.4 is 5.73 Å². The van der Waals surface area contributed by atoms with Crippen LogP contribution in [0.5, 0.6) is 0 Å². The first-order valence-corrected chi connectivity index (χ1v) is 5.89. The molecule has 0 bridgehead atoms. The van der Waals surface area contributed by atoms with Crippen LogP contribution in [-0.4, -0.2) is 14.6 Å². The lowest BCUT2D eigenvalue weighted by molar-refractivity contribution is 1.04. The molecule has 0 aliphatic heterocycles. The molecule has 0 spiro atoms. The molecule has 0 radical (unpaired) electrons. The molecule has 4 heteroatoms. The van der Waals surface area contributed by atoms with E-state index in [0.717, 1.165) is 22.6 Å². The zero-order valence-corrected chi connectivity index (χ0v) is 10.2. The zero-order chi connectivity index (χ0) is 12.5. The summed E-state index contributed by atoms with van der Waals surface area (Å²) >= 11 is 0. The molecule has 2 aromatic heterocycles. The monoisotopic (exact) mass is 238 g/mol. The van der Waals surface area contributed by atoms with Crippen molar-refractivity contribution in [2.24, 2.45) is 5.73 Å². The van der Waals surface area contributed by atoms with Crippen molar-refractivity contribution in [1.29, 1.82) is 0 Å². The van der Waals surface area contributed by atoms with Crippen molar-refractivity contribution in [3.8, 4) is 11.4 Å². The van der Waals surface area contributed by atoms with Crippen LogP contribution >= 0.6 is 0 Å². The summed E-state index contributed by atoms with van der Waals surface area (Å²) in [4.78, 5) is 0. The second kappa shape index (κ2) is 4.23. The van der Waals surface area contributed by atoms with E-state index in [1.807, 2.05) is 22.7 Å². The van der Waals surface area contributed by atoms with E-state index >= 15 is 0 Å². The van der Waals surface area contributed by atoms with Crippen molar-refractivity contribution in [3.05, 3.63) is 53.7 Å². The number of hydrogen-bond acceptors (Lipinski definition) is 3. The highest BCUT2D eigenvalue weighted by molar-refractivity contribution is 5.61. The van der Waals surface area contributed by atoms with E-state index in [1.54, 1.807) is 0 Å². The first-order valence-electron chi connectivity index (χ1n) is 5.89. The summed E-state index contributed by atoms with van der Waals surface area (Å²) in [5.41, 5.74) is 9.82. The number of fused-ring (bicyclic) bond motifs is 1. The van der Waals surface area contributed by atoms with Crippen molar-refractivity contribution >= 4 is 5.65 Å². The van der Waals surface area contributed by atoms with E-state index in [0.29, 0.717) is 6.54 Å². The van der Waals surface area contributed by atoms with E-state index in [2.05, 4.69) is 41.4 Å². The number of rotatable bonds is 2. The molecule has 18 heavy (non-hydrogen) atoms. The van der Waals surface area contributed by atoms with E-state index in [1.165, 1.54) is 5.56 Å². The predicted octanol–water partition coefficient (Wildman–Crippen LogP) is 2.16. The lowest BCUT2D eigenvalue weighted by Crippen LogP contribution is -2.00. The molecule has 0 fully saturated rings. The number of nitrogens with zero attached hydrogens (tertiary/aromatic N) is 3. The van der Waals surface area contributed by atoms with Gasteiger partial charge >= 0.3 is 0 Å². The van der Waals surface area contributed by atoms with Crippen molar-refractivity contribution in [3.63, 3.8) is 0 Å². The number of aryl methyl sites for hydroxylation is 1. The van der Waals surface area contributed by atoms with Crippen molar-refractivity contribution in [2.75, 3.05) is 0 Å². The molecular weight excluding hydrogens is 224 g/mol. The van der Waals surface area contributed by atoms with Crippen molar-refractivity contribution in [2.45, 2.75) is 13.5 Å². The summed E-state index contributed by atoms with van der Waals surface area (Å²) in [5, 5.41) is 8.48. The van der Waals surface area contributed by atoms with Gasteiger partial charge in [-0.05, 0) is 13.0 Å². The van der Waals surface area contributed by atoms with Crippen LogP contribution in [0.1, 0.15) is 11.1 Å². The molecule has 3 rings (SSSR count). The number of nitrogens with two attached hydrogens (primary N) is 1. The molecule has 3 aromatic rings. The van der Waals surface area contributed by atoms with Gasteiger partial charge in [-0.3, -0.25) is 4.40 Å². The van der Waals surface area contributed by atoms with E-state index in [9.17, 15) is 0 Å². The smallest absolute Gasteiger partial charge is 0.168 e. The van der Waals surface area contributed by atoms with Gasteiger partial charge in [0.2, 0.25) is 0 Å². The quantitative estimate of drug-likeness (QED) is 0.744. The van der Waals surface area contributed by atoms with Crippen LogP contribution in [0.25, 0.3) is 17.0 Å². The molecule has 0 amide bonds. The first kappa shape index (κ1) is 10.9. The average molecular weight is 238 g/mol. The summed E-state index contributed by atoms with van der Waals surface area (Å²) in [7, 11) is 0. The van der Waals surface area contributed by atoms with Crippen LogP contribution in [0.3, 0.4) is 0 Å². The van der Waals surface area contributed by atoms with Crippen LogP contribution in [0.15, 0.2) is 42.6 Å². The Balaban J connectivity index is 2.21. The van der Waals surface area contributed by atoms with Crippen LogP contribution in [0, 0.1) is 6.92 Å². The third kappa shape index (κ3) is 1.67. The SMILES string of the molecule is Cc1ccc(-c2nnc3c(CN)cccn23)cc1. The Morgan fingerprint density at radius 2 is 1.89 bits per heavy atom. The Kier molecular flexibility index (Phi) is 2.57. The fourth-order valence-electron chi connectivity index (χ4n) is 2.03. The largest absolute Gasteiger partial charge is 0.326 e. The molecule has 0 saturated heterocycles. The van der Waals surface area contributed by atoms with Gasteiger partial charge in [-0.25, -0.2) is 0 Å². The topological polar surface area (TPSA) is 56.2 Å². The normalized spacial score (nSPS) is 11.0. The molecular formula is C14H14N4. The molecule has 0 atom stereocenters. The van der Waals surface area contributed by atoms with E-state index in [-0.39, 0.29) is 0 Å². The van der Waals surface area contributed by atoms with E-state index < -0.39 is 0 Å². The summed E-state index contributed by atoms with van der Waals surface area (Å²) in [5.74, 6) is 0.848. The average Bonchev–Trinajstić information content (AvgIpc) is 2.83. The number of benzene rings is 1. The maximum Gasteiger partial charge on any atom is 0.168 e. The Hall–Kier alpha value is -2.20. The van der Waals surface area contributed by atoms with Gasteiger partial charge in [-0.2, -0.15) is 0 Å². The van der Waals surface area contributed by atoms with Gasteiger partial charge in [0.05, 0.1) is 0 Å². The minimum atomic E-state index is 0.469. The second-order valence-electron chi connectivity index (χ2n) is 4.32. The minimum Gasteiger partial charge on any atom is -0.326 e. The Morgan fingerprint density at radius 1 is 1.11 bits per heavy atom. The summed E-state index contributed by atoms with van der Waals surface area (Å²) in [6.45, 7) is 2.54. The van der Waals surface area contributed by atoms with Crippen molar-refractivity contribution in [1.82, 2.24) is 14.6 Å². The molecule has 0 aliphatic carbocycles. The van der Waals surface area contributed by atoms with Gasteiger partial charge in [0.1, 0.15) is 0 Å². The highest BCUT2D eigenvalue weighted by atomic mass is 15.2. The van der Waals surface area contributed by atoms with Gasteiger partial charge in [0.25, 0.3) is 0 Å². The van der Waals surface area contributed by atoms with Crippen molar-refractivity contribution < 1.29 is 0 Å². The lowest BCUT2D eigenvalue weighted by atomic mass is 10.1. The Labute approximate surface area is 105 Å². The number of aromatic nitrogens is 3. The number of pyridine rings is 1. The van der Waals surface area contributed by atoms with Gasteiger partial charge < -0.3 is 5.73 Å². The third-order valence-corrected chi connectivity index (χ3v) is 3.05. The van der Waals surface area contributed by atoms with E-state index in [4.69, 9.17) is 5.73 Å². The summed E-state index contributed by atoms with van der Waals surface area (Å²) < 4.78 is 1.98. The highest BCUT2D eigenvalue weighted by Crippen LogP contribution is 2.20. The summed E-state index contributed by atoms with van der Waals surface area (Å²) in [6, 6.07) is 12.2. The molecule has 0 saturated carbocycles. The van der Waals surface area contributed by atoms with Crippen LogP contribution in [0.2, 0.25) is 0 Å². The molecule has 90 valence electrons. The van der Waals surface area contributed by atoms with Crippen LogP contribution in [-0.2, 0) is 6.54 Å². The lowest BCUT2D eigenvalue weighted by Gasteiger charge is -2.02. The maximum absolute atomic E-state index is 5.70. The third-order valence-electron chi connectivity index (χ3n) is 3.05. The zero-order valence-electron chi connectivity index (χ0n) is 10.2. The maximum atomic E-state index is 5.70. The molecule has 0 unspecified atom stereocenters. The molecule has 0 aliphatic rings. The minimum absolute atomic E-state index is 0.469. The Bertz CT molecular complexity index is 683. The molecule has 4 nitrogen and oxygen atoms in total.